The van der Waals surface area contributed by atoms with Crippen LogP contribution in [-0.4, -0.2) is 54.3 Å². The number of nitrogens with zero attached hydrogens (tertiary/aromatic N) is 3. The molecule has 136 valence electrons. The molecule has 25 heavy (non-hydrogen) atoms. The standard InChI is InChI=1S/C19H28N4O2/c1-19(2,7-10-23-8-5-6-9-23)22-18-15-11-14(24-3)12-16(25-4)17(15)20-13-21-18/h11-13H,5-10H2,1-4H3,(H,20,21,22). The van der Waals surface area contributed by atoms with Crippen LogP contribution in [0.2, 0.25) is 0 Å². The molecule has 0 bridgehead atoms. The van der Waals surface area contributed by atoms with Crippen molar-refractivity contribution in [2.45, 2.75) is 38.6 Å². The predicted octanol–water partition coefficient (Wildman–Crippen LogP) is 3.32. The maximum Gasteiger partial charge on any atom is 0.148 e. The summed E-state index contributed by atoms with van der Waals surface area (Å²) in [6.45, 7) is 7.99. The van der Waals surface area contributed by atoms with Crippen molar-refractivity contribution in [3.8, 4) is 11.5 Å². The van der Waals surface area contributed by atoms with Gasteiger partial charge in [0.15, 0.2) is 0 Å². The molecule has 0 spiro atoms. The third-order valence-corrected chi connectivity index (χ3v) is 4.84. The van der Waals surface area contributed by atoms with E-state index in [0.29, 0.717) is 5.75 Å². The van der Waals surface area contributed by atoms with Gasteiger partial charge in [-0.05, 0) is 52.3 Å². The van der Waals surface area contributed by atoms with Crippen LogP contribution in [0.5, 0.6) is 11.5 Å². The molecule has 0 unspecified atom stereocenters. The molecule has 6 heteroatoms. The molecule has 1 N–H and O–H groups in total. The molecule has 2 heterocycles. The van der Waals surface area contributed by atoms with E-state index in [-0.39, 0.29) is 5.54 Å². The van der Waals surface area contributed by atoms with E-state index in [2.05, 4.69) is 34.0 Å². The number of anilines is 1. The van der Waals surface area contributed by atoms with Crippen molar-refractivity contribution in [3.05, 3.63) is 18.5 Å². The van der Waals surface area contributed by atoms with Crippen LogP contribution in [0, 0.1) is 0 Å². The van der Waals surface area contributed by atoms with Crippen molar-refractivity contribution in [2.75, 3.05) is 39.2 Å². The first kappa shape index (κ1) is 17.7. The lowest BCUT2D eigenvalue weighted by molar-refractivity contribution is 0.305. The highest BCUT2D eigenvalue weighted by molar-refractivity contribution is 5.94. The maximum absolute atomic E-state index is 5.47. The minimum Gasteiger partial charge on any atom is -0.497 e. The van der Waals surface area contributed by atoms with Crippen molar-refractivity contribution < 1.29 is 9.47 Å². The van der Waals surface area contributed by atoms with Crippen LogP contribution in [-0.2, 0) is 0 Å². The smallest absolute Gasteiger partial charge is 0.148 e. The van der Waals surface area contributed by atoms with Gasteiger partial charge in [-0.2, -0.15) is 0 Å². The Labute approximate surface area is 149 Å². The Morgan fingerprint density at radius 1 is 1.12 bits per heavy atom. The van der Waals surface area contributed by atoms with Crippen LogP contribution in [0.25, 0.3) is 10.9 Å². The largest absolute Gasteiger partial charge is 0.497 e. The Morgan fingerprint density at radius 2 is 1.88 bits per heavy atom. The average molecular weight is 344 g/mol. The molecule has 1 aliphatic heterocycles. The van der Waals surface area contributed by atoms with Crippen LogP contribution in [0.15, 0.2) is 18.5 Å². The van der Waals surface area contributed by atoms with Crippen molar-refractivity contribution in [2.24, 2.45) is 0 Å². The molecule has 1 aromatic heterocycles. The molecular weight excluding hydrogens is 316 g/mol. The highest BCUT2D eigenvalue weighted by Gasteiger charge is 2.22. The molecule has 3 rings (SSSR count). The van der Waals surface area contributed by atoms with Gasteiger partial charge in [0.25, 0.3) is 0 Å². The van der Waals surface area contributed by atoms with Crippen LogP contribution < -0.4 is 14.8 Å². The molecule has 0 aliphatic carbocycles. The summed E-state index contributed by atoms with van der Waals surface area (Å²) in [5.74, 6) is 2.24. The van der Waals surface area contributed by atoms with Crippen molar-refractivity contribution in [1.29, 1.82) is 0 Å². The van der Waals surface area contributed by atoms with E-state index in [0.717, 1.165) is 35.4 Å². The summed E-state index contributed by atoms with van der Waals surface area (Å²) < 4.78 is 10.9. The summed E-state index contributed by atoms with van der Waals surface area (Å²) in [7, 11) is 3.29. The first-order chi connectivity index (χ1) is 12.0. The van der Waals surface area contributed by atoms with Gasteiger partial charge in [0.2, 0.25) is 0 Å². The number of aromatic nitrogens is 2. The van der Waals surface area contributed by atoms with E-state index in [4.69, 9.17) is 9.47 Å². The molecule has 0 atom stereocenters. The maximum atomic E-state index is 5.47. The molecule has 2 aromatic rings. The molecule has 1 aromatic carbocycles. The van der Waals surface area contributed by atoms with E-state index in [1.54, 1.807) is 20.5 Å². The Hall–Kier alpha value is -2.08. The third-order valence-electron chi connectivity index (χ3n) is 4.84. The van der Waals surface area contributed by atoms with Crippen LogP contribution in [0.3, 0.4) is 0 Å². The number of hydrogen-bond acceptors (Lipinski definition) is 6. The summed E-state index contributed by atoms with van der Waals surface area (Å²) in [5.41, 5.74) is 0.719. The summed E-state index contributed by atoms with van der Waals surface area (Å²) in [6.07, 6.45) is 5.28. The molecule has 1 aliphatic rings. The number of ether oxygens (including phenoxy) is 2. The van der Waals surface area contributed by atoms with Gasteiger partial charge in [0.1, 0.15) is 29.2 Å². The van der Waals surface area contributed by atoms with Gasteiger partial charge < -0.3 is 19.7 Å². The molecule has 1 fully saturated rings. The van der Waals surface area contributed by atoms with Gasteiger partial charge in [-0.3, -0.25) is 0 Å². The number of hydrogen-bond donors (Lipinski definition) is 1. The zero-order chi connectivity index (χ0) is 17.9. The Morgan fingerprint density at radius 3 is 2.56 bits per heavy atom. The van der Waals surface area contributed by atoms with E-state index in [1.807, 2.05) is 12.1 Å². The van der Waals surface area contributed by atoms with Gasteiger partial charge in [-0.25, -0.2) is 9.97 Å². The van der Waals surface area contributed by atoms with Crippen LogP contribution >= 0.6 is 0 Å². The first-order valence-electron chi connectivity index (χ1n) is 8.90. The number of fused-ring (bicyclic) bond motifs is 1. The van der Waals surface area contributed by atoms with Gasteiger partial charge >= 0.3 is 0 Å². The zero-order valence-corrected chi connectivity index (χ0v) is 15.6. The second-order valence-corrected chi connectivity index (χ2v) is 7.26. The highest BCUT2D eigenvalue weighted by Crippen LogP contribution is 2.33. The first-order valence-corrected chi connectivity index (χ1v) is 8.90. The third kappa shape index (κ3) is 4.12. The topological polar surface area (TPSA) is 59.5 Å². The van der Waals surface area contributed by atoms with Gasteiger partial charge in [-0.1, -0.05) is 0 Å². The average Bonchev–Trinajstić information content (AvgIpc) is 3.13. The lowest BCUT2D eigenvalue weighted by Crippen LogP contribution is -2.36. The minimum absolute atomic E-state index is 0.0693. The lowest BCUT2D eigenvalue weighted by Gasteiger charge is -2.29. The molecule has 0 saturated carbocycles. The monoisotopic (exact) mass is 344 g/mol. The van der Waals surface area contributed by atoms with Crippen molar-refractivity contribution >= 4 is 16.7 Å². The minimum atomic E-state index is -0.0693. The fraction of sp³-hybridized carbons (Fsp3) is 0.579. The molecular formula is C19H28N4O2. The quantitative estimate of drug-likeness (QED) is 0.831. The molecule has 0 amide bonds. The van der Waals surface area contributed by atoms with Gasteiger partial charge in [-0.15, -0.1) is 0 Å². The lowest BCUT2D eigenvalue weighted by atomic mass is 10.00. The number of likely N-dealkylation sites (tertiary alicyclic amines) is 1. The number of methoxy groups -OCH3 is 2. The summed E-state index contributed by atoms with van der Waals surface area (Å²) >= 11 is 0. The fourth-order valence-corrected chi connectivity index (χ4v) is 3.31. The SMILES string of the molecule is COc1cc(OC)c2ncnc(NC(C)(C)CCN3CCCC3)c2c1. The van der Waals surface area contributed by atoms with Crippen LogP contribution in [0.1, 0.15) is 33.1 Å². The van der Waals surface area contributed by atoms with E-state index in [1.165, 1.54) is 25.9 Å². The molecule has 6 nitrogen and oxygen atoms in total. The second kappa shape index (κ2) is 7.44. The number of rotatable bonds is 7. The number of nitrogens with one attached hydrogen (secondary N) is 1. The summed E-state index contributed by atoms with van der Waals surface area (Å²) in [6, 6.07) is 3.80. The Bertz CT molecular complexity index is 727. The summed E-state index contributed by atoms with van der Waals surface area (Å²) in [4.78, 5) is 11.4. The van der Waals surface area contributed by atoms with E-state index >= 15 is 0 Å². The molecule has 1 saturated heterocycles. The van der Waals surface area contributed by atoms with Crippen molar-refractivity contribution in [3.63, 3.8) is 0 Å². The van der Waals surface area contributed by atoms with Gasteiger partial charge in [0.05, 0.1) is 19.6 Å². The second-order valence-electron chi connectivity index (χ2n) is 7.26. The van der Waals surface area contributed by atoms with Crippen molar-refractivity contribution in [1.82, 2.24) is 14.9 Å². The normalized spacial score (nSPS) is 15.5. The number of benzene rings is 1. The fourth-order valence-electron chi connectivity index (χ4n) is 3.31. The van der Waals surface area contributed by atoms with Gasteiger partial charge in [0, 0.05) is 18.2 Å². The van der Waals surface area contributed by atoms with E-state index < -0.39 is 0 Å². The van der Waals surface area contributed by atoms with E-state index in [9.17, 15) is 0 Å². The predicted molar refractivity (Wildman–Crippen MR) is 101 cm³/mol. The Kier molecular flexibility index (Phi) is 5.27. The zero-order valence-electron chi connectivity index (χ0n) is 15.6. The Balaban J connectivity index is 1.84. The summed E-state index contributed by atoms with van der Waals surface area (Å²) in [5, 5.41) is 4.51. The molecule has 0 radical (unpaired) electrons. The van der Waals surface area contributed by atoms with Crippen LogP contribution in [0.4, 0.5) is 5.82 Å². The highest BCUT2D eigenvalue weighted by atomic mass is 16.5.